The molecule has 2 N–H and O–H groups in total. The van der Waals surface area contributed by atoms with Crippen molar-refractivity contribution in [2.45, 2.75) is 19.4 Å². The number of thioether (sulfide) groups is 1. The predicted molar refractivity (Wildman–Crippen MR) is 80.8 cm³/mol. The van der Waals surface area contributed by atoms with Gasteiger partial charge in [0.2, 0.25) is 0 Å². The molecule has 3 nitrogen and oxygen atoms in total. The van der Waals surface area contributed by atoms with Crippen LogP contribution in [0.2, 0.25) is 0 Å². The number of phenolic OH excluding ortho intramolecular Hbond substituents is 1. The fourth-order valence-corrected chi connectivity index (χ4v) is 2.63. The van der Waals surface area contributed by atoms with E-state index < -0.39 is 0 Å². The molecule has 0 spiro atoms. The Kier molecular flexibility index (Phi) is 6.11. The lowest BCUT2D eigenvalue weighted by atomic mass is 10.1. The first-order chi connectivity index (χ1) is 8.08. The number of amides is 1. The first-order valence-electron chi connectivity index (χ1n) is 5.36. The second-order valence-corrected chi connectivity index (χ2v) is 5.85. The van der Waals surface area contributed by atoms with Gasteiger partial charge >= 0.3 is 0 Å². The Hall–Kier alpha value is -0.430. The molecule has 0 aliphatic rings. The van der Waals surface area contributed by atoms with Crippen LogP contribution in [0.3, 0.4) is 0 Å². The zero-order valence-electron chi connectivity index (χ0n) is 9.87. The molecule has 0 heterocycles. The van der Waals surface area contributed by atoms with Crippen LogP contribution in [-0.4, -0.2) is 29.1 Å². The second-order valence-electron chi connectivity index (χ2n) is 3.70. The van der Waals surface area contributed by atoms with Crippen LogP contribution in [-0.2, 0) is 0 Å². The normalized spacial score (nSPS) is 12.2. The fourth-order valence-electron chi connectivity index (χ4n) is 1.42. The Labute approximate surface area is 120 Å². The number of benzene rings is 1. The molecule has 1 aromatic rings. The molecule has 17 heavy (non-hydrogen) atoms. The third-order valence-corrected chi connectivity index (χ3v) is 3.81. The lowest BCUT2D eigenvalue weighted by molar-refractivity contribution is 0.0937. The van der Waals surface area contributed by atoms with Gasteiger partial charge in [0.25, 0.3) is 5.91 Å². The van der Waals surface area contributed by atoms with Gasteiger partial charge in [-0.1, -0.05) is 6.92 Å². The largest absolute Gasteiger partial charge is 0.507 e. The molecule has 1 unspecified atom stereocenters. The zero-order chi connectivity index (χ0) is 12.8. The molecule has 1 aromatic carbocycles. The molecule has 0 aromatic heterocycles. The number of hydrogen-bond donors (Lipinski definition) is 2. The van der Waals surface area contributed by atoms with E-state index in [1.807, 2.05) is 13.2 Å². The van der Waals surface area contributed by atoms with E-state index in [0.29, 0.717) is 5.56 Å². The van der Waals surface area contributed by atoms with Gasteiger partial charge in [-0.3, -0.25) is 4.79 Å². The topological polar surface area (TPSA) is 49.3 Å². The van der Waals surface area contributed by atoms with Gasteiger partial charge in [-0.25, -0.2) is 0 Å². The van der Waals surface area contributed by atoms with Crippen molar-refractivity contribution in [1.82, 2.24) is 5.32 Å². The van der Waals surface area contributed by atoms with E-state index >= 15 is 0 Å². The quantitative estimate of drug-likeness (QED) is 0.789. The maximum Gasteiger partial charge on any atom is 0.255 e. The number of aromatic hydroxyl groups is 1. The van der Waals surface area contributed by atoms with Crippen molar-refractivity contribution in [3.63, 3.8) is 0 Å². The summed E-state index contributed by atoms with van der Waals surface area (Å²) in [5.74, 6) is 0.705. The van der Waals surface area contributed by atoms with Crippen molar-refractivity contribution in [2.24, 2.45) is 0 Å². The summed E-state index contributed by atoms with van der Waals surface area (Å²) in [6, 6.07) is 5.16. The predicted octanol–water partition coefficient (Wildman–Crippen LogP) is 2.87. The highest BCUT2D eigenvalue weighted by atomic mass is 127. The first kappa shape index (κ1) is 14.6. The summed E-state index contributed by atoms with van der Waals surface area (Å²) in [6.07, 6.45) is 2.90. The highest BCUT2D eigenvalue weighted by Crippen LogP contribution is 2.19. The van der Waals surface area contributed by atoms with E-state index in [1.165, 1.54) is 0 Å². The minimum Gasteiger partial charge on any atom is -0.507 e. The van der Waals surface area contributed by atoms with Gasteiger partial charge in [-0.15, -0.1) is 0 Å². The van der Waals surface area contributed by atoms with Crippen LogP contribution in [0.15, 0.2) is 18.2 Å². The van der Waals surface area contributed by atoms with Crippen LogP contribution in [0, 0.1) is 3.57 Å². The number of phenols is 1. The molecule has 0 bridgehead atoms. The van der Waals surface area contributed by atoms with Crippen LogP contribution in [0.1, 0.15) is 23.7 Å². The van der Waals surface area contributed by atoms with Crippen LogP contribution in [0.5, 0.6) is 5.75 Å². The van der Waals surface area contributed by atoms with Crippen molar-refractivity contribution < 1.29 is 9.90 Å². The Morgan fingerprint density at radius 2 is 2.29 bits per heavy atom. The Morgan fingerprint density at radius 3 is 2.88 bits per heavy atom. The van der Waals surface area contributed by atoms with Gasteiger partial charge in [0, 0.05) is 15.4 Å². The number of carbonyl (C=O) groups is 1. The number of halogens is 1. The minimum atomic E-state index is -0.207. The molecule has 0 radical (unpaired) electrons. The summed E-state index contributed by atoms with van der Waals surface area (Å²) in [5.41, 5.74) is 0.344. The highest BCUT2D eigenvalue weighted by Gasteiger charge is 2.15. The molecule has 0 aliphatic heterocycles. The Bertz CT molecular complexity index is 398. The average molecular weight is 365 g/mol. The van der Waals surface area contributed by atoms with E-state index in [-0.39, 0.29) is 17.7 Å². The van der Waals surface area contributed by atoms with E-state index in [1.54, 1.807) is 30.0 Å². The summed E-state index contributed by atoms with van der Waals surface area (Å²) in [5, 5.41) is 12.6. The summed E-state index contributed by atoms with van der Waals surface area (Å²) >= 11 is 3.82. The molecule has 0 saturated heterocycles. The lowest BCUT2D eigenvalue weighted by Crippen LogP contribution is -2.36. The van der Waals surface area contributed by atoms with E-state index in [9.17, 15) is 9.90 Å². The fraction of sp³-hybridized carbons (Fsp3) is 0.417. The van der Waals surface area contributed by atoms with Crippen molar-refractivity contribution in [1.29, 1.82) is 0 Å². The van der Waals surface area contributed by atoms with Crippen LogP contribution in [0.25, 0.3) is 0 Å². The number of nitrogens with one attached hydrogen (secondary N) is 1. The molecule has 0 saturated carbocycles. The van der Waals surface area contributed by atoms with Gasteiger partial charge in [0.1, 0.15) is 5.75 Å². The van der Waals surface area contributed by atoms with Crippen molar-refractivity contribution in [3.05, 3.63) is 27.3 Å². The molecule has 0 fully saturated rings. The maximum absolute atomic E-state index is 12.0. The Morgan fingerprint density at radius 1 is 1.59 bits per heavy atom. The van der Waals surface area contributed by atoms with Crippen LogP contribution < -0.4 is 5.32 Å². The average Bonchev–Trinajstić information content (AvgIpc) is 2.31. The number of rotatable bonds is 5. The third kappa shape index (κ3) is 4.39. The van der Waals surface area contributed by atoms with Gasteiger partial charge in [0.05, 0.1) is 5.56 Å². The van der Waals surface area contributed by atoms with E-state index in [0.717, 1.165) is 15.7 Å². The Balaban J connectivity index is 2.78. The lowest BCUT2D eigenvalue weighted by Gasteiger charge is -2.16. The monoisotopic (exact) mass is 365 g/mol. The molecular weight excluding hydrogens is 349 g/mol. The molecule has 1 amide bonds. The summed E-state index contributed by atoms with van der Waals surface area (Å²) in [7, 11) is 0. The molecule has 0 aliphatic carbocycles. The third-order valence-electron chi connectivity index (χ3n) is 2.40. The van der Waals surface area contributed by atoms with Gasteiger partial charge in [0.15, 0.2) is 0 Å². The molecular formula is C12H16INO2S. The first-order valence-corrected chi connectivity index (χ1v) is 7.84. The molecule has 1 atom stereocenters. The van der Waals surface area contributed by atoms with Gasteiger partial charge in [-0.2, -0.15) is 11.8 Å². The van der Waals surface area contributed by atoms with Crippen LogP contribution in [0.4, 0.5) is 0 Å². The SMILES string of the molecule is CCC(CSC)NC(=O)c1cc(I)ccc1O. The minimum absolute atomic E-state index is 0.0296. The summed E-state index contributed by atoms with van der Waals surface area (Å²) in [4.78, 5) is 12.0. The maximum atomic E-state index is 12.0. The number of carbonyl (C=O) groups excluding carboxylic acids is 1. The van der Waals surface area contributed by atoms with Crippen molar-refractivity contribution in [2.75, 3.05) is 12.0 Å². The van der Waals surface area contributed by atoms with Crippen molar-refractivity contribution in [3.8, 4) is 5.75 Å². The second kappa shape index (κ2) is 7.10. The summed E-state index contributed by atoms with van der Waals surface area (Å²) < 4.78 is 0.934. The molecule has 5 heteroatoms. The molecule has 94 valence electrons. The summed E-state index contributed by atoms with van der Waals surface area (Å²) in [6.45, 7) is 2.04. The molecule has 1 rings (SSSR count). The number of hydrogen-bond acceptors (Lipinski definition) is 3. The van der Waals surface area contributed by atoms with Crippen molar-refractivity contribution >= 4 is 40.3 Å². The van der Waals surface area contributed by atoms with Gasteiger partial charge < -0.3 is 10.4 Å². The van der Waals surface area contributed by atoms with Gasteiger partial charge in [-0.05, 0) is 53.5 Å². The zero-order valence-corrected chi connectivity index (χ0v) is 12.8. The van der Waals surface area contributed by atoms with E-state index in [2.05, 4.69) is 27.9 Å². The van der Waals surface area contributed by atoms with E-state index in [4.69, 9.17) is 0 Å². The highest BCUT2D eigenvalue weighted by molar-refractivity contribution is 14.1. The smallest absolute Gasteiger partial charge is 0.255 e. The van der Waals surface area contributed by atoms with Crippen LogP contribution >= 0.6 is 34.4 Å². The standard InChI is InChI=1S/C12H16INO2S/c1-3-9(7-17-2)14-12(16)10-6-8(13)4-5-11(10)15/h4-6,9,15H,3,7H2,1-2H3,(H,14,16).